The Kier molecular flexibility index (Phi) is 16.0. The Bertz CT molecular complexity index is 1520. The fraction of sp³-hybridized carbons (Fsp3) is 0.442. The lowest BCUT2D eigenvalue weighted by Crippen LogP contribution is -2.34. The van der Waals surface area contributed by atoms with E-state index in [-0.39, 0.29) is 19.4 Å². The van der Waals surface area contributed by atoms with E-state index in [1.807, 2.05) is 50.2 Å². The van der Waals surface area contributed by atoms with Crippen molar-refractivity contribution in [1.82, 2.24) is 4.90 Å². The minimum atomic E-state index is -1.33. The predicted molar refractivity (Wildman–Crippen MR) is 203 cm³/mol. The van der Waals surface area contributed by atoms with Crippen molar-refractivity contribution in [3.8, 4) is 0 Å². The molecule has 0 spiro atoms. The first-order valence-electron chi connectivity index (χ1n) is 16.7. The largest absolute Gasteiger partial charge is 0.371 e. The number of rotatable bonds is 7. The van der Waals surface area contributed by atoms with Gasteiger partial charge < -0.3 is 4.90 Å². The highest BCUT2D eigenvalue weighted by Crippen LogP contribution is 2.37. The van der Waals surface area contributed by atoms with Crippen LogP contribution < -0.4 is 0 Å². The van der Waals surface area contributed by atoms with Gasteiger partial charge in [-0.2, -0.15) is 0 Å². The molecule has 260 valence electrons. The summed E-state index contributed by atoms with van der Waals surface area (Å²) < 4.78 is 27.9. The van der Waals surface area contributed by atoms with Gasteiger partial charge in [-0.05, 0) is 156 Å². The molecule has 0 radical (unpaired) electrons. The van der Waals surface area contributed by atoms with E-state index in [1.54, 1.807) is 13.8 Å². The molecule has 1 heterocycles. The Hall–Kier alpha value is -3.53. The molecule has 2 aliphatic rings. The third-order valence-corrected chi connectivity index (χ3v) is 9.69. The fourth-order valence-electron chi connectivity index (χ4n) is 6.39. The van der Waals surface area contributed by atoms with Crippen LogP contribution in [0.1, 0.15) is 121 Å². The second-order valence-corrected chi connectivity index (χ2v) is 13.0. The topological polar surface area (TPSA) is 3.24 Å². The Morgan fingerprint density at radius 1 is 0.851 bits per heavy atom. The molecule has 0 N–H and O–H groups in total. The van der Waals surface area contributed by atoms with E-state index in [0.717, 1.165) is 49.1 Å². The van der Waals surface area contributed by atoms with Gasteiger partial charge in [0.1, 0.15) is 11.5 Å². The average molecular weight is 650 g/mol. The van der Waals surface area contributed by atoms with E-state index in [2.05, 4.69) is 71.6 Å². The van der Waals surface area contributed by atoms with Crippen molar-refractivity contribution in [2.45, 2.75) is 109 Å². The third-order valence-electron chi connectivity index (χ3n) is 9.69. The summed E-state index contributed by atoms with van der Waals surface area (Å²) in [5.74, 6) is 0.336. The van der Waals surface area contributed by atoms with E-state index in [1.165, 1.54) is 56.8 Å². The molecule has 2 aromatic rings. The van der Waals surface area contributed by atoms with Crippen LogP contribution in [0.5, 0.6) is 0 Å². The number of hydrogen-bond donors (Lipinski definition) is 0. The van der Waals surface area contributed by atoms with Crippen molar-refractivity contribution in [1.29, 1.82) is 0 Å². The van der Waals surface area contributed by atoms with E-state index in [9.17, 15) is 8.78 Å². The SMILES string of the molecule is C.CC.CC1=C(N2CCC(/C(C)=C(C)/C(C)=C(\C)c3ccc(C(C)(C)F)cc3)CC2)C(/C=C(\C)c2ccc(F)cc2)=C(C)CC=C1.F.[HH]. The lowest BCUT2D eigenvalue weighted by atomic mass is 9.84. The van der Waals surface area contributed by atoms with Crippen LogP contribution in [0, 0.1) is 11.7 Å². The van der Waals surface area contributed by atoms with Gasteiger partial charge in [0.25, 0.3) is 0 Å². The van der Waals surface area contributed by atoms with Gasteiger partial charge in [0.05, 0.1) is 0 Å². The van der Waals surface area contributed by atoms with Crippen molar-refractivity contribution in [3.05, 3.63) is 128 Å². The van der Waals surface area contributed by atoms with Crippen molar-refractivity contribution in [2.75, 3.05) is 13.1 Å². The highest BCUT2D eigenvalue weighted by atomic mass is 19.1. The molecule has 2 aromatic carbocycles. The second kappa shape index (κ2) is 18.1. The normalized spacial score (nSPS) is 17.1. The lowest BCUT2D eigenvalue weighted by molar-refractivity contribution is 0.221. The molecule has 1 fully saturated rings. The standard InChI is InChI=1S/C40H49F2N.C2H6.CH4.FH.H2/c1-26-11-10-12-27(2)39(38(26)25-28(3)33-15-19-37(41)20-16-33)43-23-21-35(22-24-43)32(7)30(5)29(4)31(6)34-13-17-36(18-14-34)40(8,9)42;1-2;;;/h10,12-20,25,35H,11,21-24H2,1-9H3;1-2H3;1H4;2*1H/b28-25+,31-29+,32-30+;;;;. The van der Waals surface area contributed by atoms with Crippen LogP contribution in [-0.4, -0.2) is 18.0 Å². The Morgan fingerprint density at radius 2 is 1.38 bits per heavy atom. The zero-order valence-electron chi connectivity index (χ0n) is 30.1. The maximum atomic E-state index is 14.4. The monoisotopic (exact) mass is 649 g/mol. The van der Waals surface area contributed by atoms with Crippen LogP contribution in [0.15, 0.2) is 106 Å². The number of halogens is 3. The maximum absolute atomic E-state index is 14.4. The lowest BCUT2D eigenvalue weighted by Gasteiger charge is -2.37. The van der Waals surface area contributed by atoms with E-state index < -0.39 is 5.67 Å². The molecule has 0 bridgehead atoms. The summed E-state index contributed by atoms with van der Waals surface area (Å²) in [5.41, 5.74) is 13.4. The molecule has 0 saturated carbocycles. The third kappa shape index (κ3) is 10.2. The van der Waals surface area contributed by atoms with Crippen molar-refractivity contribution < 1.29 is 14.9 Å². The molecule has 4 heteroatoms. The van der Waals surface area contributed by atoms with E-state index in [4.69, 9.17) is 0 Å². The summed E-state index contributed by atoms with van der Waals surface area (Å²) in [5, 5.41) is 0. The molecule has 0 unspecified atom stereocenters. The molecule has 0 aromatic heterocycles. The summed E-state index contributed by atoms with van der Waals surface area (Å²) >= 11 is 0. The zero-order chi connectivity index (χ0) is 33.5. The zero-order valence-corrected chi connectivity index (χ0v) is 30.1. The number of nitrogens with zero attached hydrogens (tertiary/aromatic N) is 1. The van der Waals surface area contributed by atoms with Gasteiger partial charge in [0.2, 0.25) is 0 Å². The van der Waals surface area contributed by atoms with Gasteiger partial charge in [-0.15, -0.1) is 0 Å². The Balaban J connectivity index is 0.00000433. The molecular weight excluding hydrogens is 587 g/mol. The van der Waals surface area contributed by atoms with E-state index in [0.29, 0.717) is 11.5 Å². The van der Waals surface area contributed by atoms with Gasteiger partial charge in [0, 0.05) is 20.2 Å². The summed E-state index contributed by atoms with van der Waals surface area (Å²) in [6.07, 6.45) is 10.00. The number of likely N-dealkylation sites (tertiary alicyclic amines) is 1. The van der Waals surface area contributed by atoms with Crippen LogP contribution in [-0.2, 0) is 5.67 Å². The number of benzene rings is 2. The molecular formula is C43H62F3N. The summed E-state index contributed by atoms with van der Waals surface area (Å²) in [4.78, 5) is 2.58. The van der Waals surface area contributed by atoms with Crippen LogP contribution in [0.3, 0.4) is 0 Å². The van der Waals surface area contributed by atoms with E-state index >= 15 is 0 Å². The van der Waals surface area contributed by atoms with Crippen LogP contribution in [0.2, 0.25) is 0 Å². The van der Waals surface area contributed by atoms with Gasteiger partial charge in [-0.1, -0.05) is 81.0 Å². The average Bonchev–Trinajstić information content (AvgIpc) is 3.17. The first-order chi connectivity index (χ1) is 21.3. The minimum absolute atomic E-state index is 0. The highest BCUT2D eigenvalue weighted by Gasteiger charge is 2.26. The van der Waals surface area contributed by atoms with Gasteiger partial charge in [0.15, 0.2) is 0 Å². The van der Waals surface area contributed by atoms with Crippen molar-refractivity contribution >= 4 is 11.1 Å². The van der Waals surface area contributed by atoms with Gasteiger partial charge in [-0.3, -0.25) is 4.70 Å². The molecule has 47 heavy (non-hydrogen) atoms. The summed E-state index contributed by atoms with van der Waals surface area (Å²) in [7, 11) is 0. The molecule has 0 amide bonds. The van der Waals surface area contributed by atoms with Crippen LogP contribution >= 0.6 is 0 Å². The van der Waals surface area contributed by atoms with Crippen molar-refractivity contribution in [2.24, 2.45) is 5.92 Å². The fourth-order valence-corrected chi connectivity index (χ4v) is 6.39. The molecule has 1 saturated heterocycles. The van der Waals surface area contributed by atoms with Crippen LogP contribution in [0.4, 0.5) is 13.5 Å². The van der Waals surface area contributed by atoms with Gasteiger partial charge in [-0.25, -0.2) is 8.78 Å². The molecule has 1 aliphatic heterocycles. The molecule has 4 rings (SSSR count). The number of piperidine rings is 1. The Morgan fingerprint density at radius 3 is 1.91 bits per heavy atom. The first-order valence-corrected chi connectivity index (χ1v) is 16.7. The first kappa shape index (κ1) is 41.5. The number of alkyl halides is 1. The maximum Gasteiger partial charge on any atom is 0.130 e. The number of hydrogen-bond acceptors (Lipinski definition) is 1. The van der Waals surface area contributed by atoms with Gasteiger partial charge >= 0.3 is 0 Å². The van der Waals surface area contributed by atoms with Crippen molar-refractivity contribution in [3.63, 3.8) is 0 Å². The predicted octanol–water partition coefficient (Wildman–Crippen LogP) is 13.6. The smallest absolute Gasteiger partial charge is 0.130 e. The molecule has 1 aliphatic carbocycles. The highest BCUT2D eigenvalue weighted by molar-refractivity contribution is 5.71. The summed E-state index contributed by atoms with van der Waals surface area (Å²) in [6.45, 7) is 24.8. The number of allylic oxidation sites excluding steroid dienone is 10. The Labute approximate surface area is 286 Å². The minimum Gasteiger partial charge on any atom is -0.371 e. The molecule has 1 nitrogen and oxygen atoms in total. The summed E-state index contributed by atoms with van der Waals surface area (Å²) in [6, 6.07) is 14.7. The van der Waals surface area contributed by atoms with Crippen LogP contribution in [0.25, 0.3) is 11.1 Å². The molecule has 0 atom stereocenters. The second-order valence-electron chi connectivity index (χ2n) is 13.0. The quantitative estimate of drug-likeness (QED) is 0.270.